The molecule has 0 bridgehead atoms. The molecule has 0 aromatic rings. The number of carboxylic acid groups (broad SMARTS) is 1. The molecule has 0 fully saturated rings. The Bertz CT molecular complexity index is 200. The molecule has 82 valence electrons. The summed E-state index contributed by atoms with van der Waals surface area (Å²) in [6.45, 7) is 1.33. The first-order valence-electron chi connectivity index (χ1n) is 3.24. The fourth-order valence-electron chi connectivity index (χ4n) is 0.329. The van der Waals surface area contributed by atoms with Crippen LogP contribution in [0.25, 0.3) is 0 Å². The summed E-state index contributed by atoms with van der Waals surface area (Å²) in [5, 5.41) is 12.8. The number of rotatable bonds is 3. The van der Waals surface area contributed by atoms with Gasteiger partial charge in [0.2, 0.25) is 0 Å². The molecular weight excluding hydrogens is 308 g/mol. The van der Waals surface area contributed by atoms with Gasteiger partial charge < -0.3 is 71.2 Å². The van der Waals surface area contributed by atoms with Crippen molar-refractivity contribution in [1.29, 1.82) is 0 Å². The monoisotopic (exact) mass is 317 g/mol. The largest absolute Gasteiger partial charge is 1.00 e. The number of thiocarbonyl (C=S) groups is 2. The van der Waals surface area contributed by atoms with Crippen LogP contribution in [-0.2, 0) is 25.3 Å². The molecule has 0 spiro atoms. The molecule has 0 atom stereocenters. The minimum atomic E-state index is -1.33. The second kappa shape index (κ2) is 18.8. The maximum atomic E-state index is 8.78. The van der Waals surface area contributed by atoms with Gasteiger partial charge in [0.05, 0.1) is 0 Å². The second-order valence-electron chi connectivity index (χ2n) is 1.77. The molecule has 0 aromatic carbocycles. The average Bonchev–Trinajstić information content (AvgIpc) is 1.96. The van der Waals surface area contributed by atoms with Gasteiger partial charge in [-0.3, -0.25) is 0 Å². The first-order chi connectivity index (χ1) is 6.36. The Balaban J connectivity index is -0.000000105. The number of nitrogens with one attached hydrogen (secondary N) is 2. The van der Waals surface area contributed by atoms with Gasteiger partial charge in [0.1, 0.15) is 0 Å². The fraction of sp³-hybridized carbons (Fsp3) is 0.400. The van der Waals surface area contributed by atoms with Crippen LogP contribution < -0.4 is 75.5 Å². The van der Waals surface area contributed by atoms with Crippen molar-refractivity contribution in [3.05, 3.63) is 0 Å². The Labute approximate surface area is 160 Å². The standard InChI is InChI=1S/C4H8N2S4.CH3NO2.2Na/c7-3(8)5-1-2-6-4(9)10;2-1(3)4;;/h1-2H2,(H2,5,7,8)(H2,6,9,10);2H2,(H,3,4);;/q;;2*+1/p-2. The fourth-order valence-corrected chi connectivity index (χ4v) is 0.737. The van der Waals surface area contributed by atoms with Crippen LogP contribution in [0, 0.1) is 0 Å². The molecule has 0 unspecified atom stereocenters. The van der Waals surface area contributed by atoms with Crippen LogP contribution in [0.4, 0.5) is 4.79 Å². The number of amides is 1. The van der Waals surface area contributed by atoms with Gasteiger partial charge in [0.25, 0.3) is 0 Å². The number of hydrogen-bond acceptors (Lipinski definition) is 5. The Morgan fingerprint density at radius 2 is 1.31 bits per heavy atom. The van der Waals surface area contributed by atoms with Gasteiger partial charge in [-0.25, -0.2) is 4.79 Å². The maximum absolute atomic E-state index is 8.78. The summed E-state index contributed by atoms with van der Waals surface area (Å²) >= 11 is 18.4. The van der Waals surface area contributed by atoms with Gasteiger partial charge in [0, 0.05) is 13.1 Å². The third-order valence-corrected chi connectivity index (χ3v) is 1.24. The number of carbonyl (C=O) groups is 1. The van der Waals surface area contributed by atoms with E-state index in [2.05, 4.69) is 66.1 Å². The molecule has 0 aliphatic heterocycles. The van der Waals surface area contributed by atoms with Crippen molar-refractivity contribution in [2.45, 2.75) is 0 Å². The summed E-state index contributed by atoms with van der Waals surface area (Å²) < 4.78 is 0.745. The van der Waals surface area contributed by atoms with Crippen molar-refractivity contribution in [3.8, 4) is 0 Å². The van der Waals surface area contributed by atoms with E-state index in [1.165, 1.54) is 0 Å². The SMILES string of the molecule is NC(=O)O.S=C([S-])NCCNC(=S)[S-].[Na+].[Na+]. The number of hydrogen-bond donors (Lipinski definition) is 4. The zero-order chi connectivity index (χ0) is 11.6. The van der Waals surface area contributed by atoms with Crippen LogP contribution in [0.5, 0.6) is 0 Å². The molecule has 0 saturated carbocycles. The third-order valence-electron chi connectivity index (χ3n) is 0.664. The van der Waals surface area contributed by atoms with Gasteiger partial charge in [-0.05, 0) is 0 Å². The topological polar surface area (TPSA) is 87.4 Å². The van der Waals surface area contributed by atoms with Crippen molar-refractivity contribution < 1.29 is 69.0 Å². The van der Waals surface area contributed by atoms with E-state index in [-0.39, 0.29) is 59.1 Å². The molecule has 5 nitrogen and oxygen atoms in total. The Kier molecular flexibility index (Phi) is 30.8. The third kappa shape index (κ3) is 45.1. The molecule has 16 heavy (non-hydrogen) atoms. The van der Waals surface area contributed by atoms with E-state index >= 15 is 0 Å². The van der Waals surface area contributed by atoms with Gasteiger partial charge in [-0.1, -0.05) is 8.64 Å². The summed E-state index contributed by atoms with van der Waals surface area (Å²) in [4.78, 5) is 8.78. The molecule has 0 saturated heterocycles. The molecule has 11 heteroatoms. The van der Waals surface area contributed by atoms with E-state index < -0.39 is 6.09 Å². The quantitative estimate of drug-likeness (QED) is 0.177. The normalized spacial score (nSPS) is 6.75. The minimum Gasteiger partial charge on any atom is -0.465 e. The molecule has 5 N–H and O–H groups in total. The van der Waals surface area contributed by atoms with Crippen LogP contribution in [0.3, 0.4) is 0 Å². The molecule has 0 aliphatic carbocycles. The van der Waals surface area contributed by atoms with Crippen LogP contribution >= 0.6 is 24.4 Å². The summed E-state index contributed by atoms with van der Waals surface area (Å²) in [5.41, 5.74) is 4.03. The van der Waals surface area contributed by atoms with Gasteiger partial charge in [-0.2, -0.15) is 0 Å². The van der Waals surface area contributed by atoms with E-state index in [9.17, 15) is 0 Å². The molecule has 1 amide bonds. The predicted molar refractivity (Wildman–Crippen MR) is 68.1 cm³/mol. The number of nitrogens with two attached hydrogens (primary N) is 1. The van der Waals surface area contributed by atoms with E-state index in [1.54, 1.807) is 0 Å². The zero-order valence-electron chi connectivity index (χ0n) is 8.98. The summed E-state index contributed by atoms with van der Waals surface area (Å²) in [7, 11) is 0. The van der Waals surface area contributed by atoms with Gasteiger partial charge >= 0.3 is 65.2 Å². The van der Waals surface area contributed by atoms with Crippen LogP contribution in [0.1, 0.15) is 0 Å². The molecular formula is C5H9N3Na2O2S4. The van der Waals surface area contributed by atoms with E-state index in [0.717, 1.165) is 0 Å². The van der Waals surface area contributed by atoms with Crippen molar-refractivity contribution in [1.82, 2.24) is 10.6 Å². The zero-order valence-corrected chi connectivity index (χ0v) is 16.2. The van der Waals surface area contributed by atoms with Crippen molar-refractivity contribution >= 4 is 64.4 Å². The van der Waals surface area contributed by atoms with Crippen LogP contribution in [-0.4, -0.2) is 32.9 Å². The number of primary amides is 1. The predicted octanol–water partition coefficient (Wildman–Crippen LogP) is -6.54. The first kappa shape index (κ1) is 26.1. The molecule has 0 heterocycles. The van der Waals surface area contributed by atoms with Gasteiger partial charge in [0.15, 0.2) is 0 Å². The van der Waals surface area contributed by atoms with Crippen molar-refractivity contribution in [3.63, 3.8) is 0 Å². The smallest absolute Gasteiger partial charge is 0.465 e. The van der Waals surface area contributed by atoms with Gasteiger partial charge in [-0.15, -0.1) is 0 Å². The summed E-state index contributed by atoms with van der Waals surface area (Å²) in [6, 6.07) is 0. The van der Waals surface area contributed by atoms with E-state index in [4.69, 9.17) is 9.90 Å². The first-order valence-corrected chi connectivity index (χ1v) is 4.87. The van der Waals surface area contributed by atoms with Crippen molar-refractivity contribution in [2.24, 2.45) is 5.73 Å². The maximum Gasteiger partial charge on any atom is 1.00 e. The van der Waals surface area contributed by atoms with E-state index in [0.29, 0.717) is 21.7 Å². The average molecular weight is 317 g/mol. The molecule has 0 rings (SSSR count). The van der Waals surface area contributed by atoms with Crippen LogP contribution in [0.2, 0.25) is 0 Å². The molecule has 0 radical (unpaired) electrons. The minimum absolute atomic E-state index is 0. The molecule has 0 aromatic heterocycles. The Hall–Kier alpha value is 1.49. The summed E-state index contributed by atoms with van der Waals surface area (Å²) in [5.74, 6) is 0. The Morgan fingerprint density at radius 3 is 1.44 bits per heavy atom. The summed E-state index contributed by atoms with van der Waals surface area (Å²) in [6.07, 6.45) is -1.33. The van der Waals surface area contributed by atoms with Crippen molar-refractivity contribution in [2.75, 3.05) is 13.1 Å². The molecule has 0 aliphatic rings. The second-order valence-corrected chi connectivity index (χ2v) is 3.92. The van der Waals surface area contributed by atoms with E-state index in [1.807, 2.05) is 0 Å². The van der Waals surface area contributed by atoms with Crippen LogP contribution in [0.15, 0.2) is 0 Å². The Morgan fingerprint density at radius 1 is 1.12 bits per heavy atom.